The first-order valence-corrected chi connectivity index (χ1v) is 13.9. The van der Waals surface area contributed by atoms with Gasteiger partial charge >= 0.3 is 0 Å². The van der Waals surface area contributed by atoms with Crippen molar-refractivity contribution in [3.63, 3.8) is 0 Å². The summed E-state index contributed by atoms with van der Waals surface area (Å²) < 4.78 is 2.06. The van der Waals surface area contributed by atoms with Crippen LogP contribution in [0.4, 0.5) is 5.82 Å². The highest BCUT2D eigenvalue weighted by Gasteiger charge is 2.33. The van der Waals surface area contributed by atoms with Crippen molar-refractivity contribution in [3.8, 4) is 22.5 Å². The summed E-state index contributed by atoms with van der Waals surface area (Å²) >= 11 is 4.13. The Hall–Kier alpha value is -4.20. The van der Waals surface area contributed by atoms with Crippen LogP contribution in [-0.2, 0) is 0 Å². The number of aromatic nitrogens is 4. The van der Waals surface area contributed by atoms with Crippen molar-refractivity contribution in [1.29, 1.82) is 0 Å². The summed E-state index contributed by atoms with van der Waals surface area (Å²) in [6.45, 7) is 2.30. The summed E-state index contributed by atoms with van der Waals surface area (Å²) in [5.74, 6) is 2.12. The van der Waals surface area contributed by atoms with E-state index in [2.05, 4.69) is 71.4 Å². The number of hydrogen-bond donors (Lipinski definition) is 3. The lowest BCUT2D eigenvalue weighted by Gasteiger charge is -2.32. The van der Waals surface area contributed by atoms with Gasteiger partial charge in [-0.15, -0.1) is 12.6 Å². The Kier molecular flexibility index (Phi) is 7.24. The molecule has 1 fully saturated rings. The van der Waals surface area contributed by atoms with Gasteiger partial charge in [-0.05, 0) is 49.9 Å². The van der Waals surface area contributed by atoms with Crippen LogP contribution >= 0.6 is 12.6 Å². The zero-order valence-electron chi connectivity index (χ0n) is 22.3. The van der Waals surface area contributed by atoms with Crippen LogP contribution in [0.15, 0.2) is 102 Å². The molecule has 0 aliphatic heterocycles. The summed E-state index contributed by atoms with van der Waals surface area (Å²) in [5, 5.41) is 10.5. The number of benzene rings is 3. The molecule has 3 N–H and O–H groups in total. The quantitative estimate of drug-likeness (QED) is 0.208. The molecule has 3 aromatic carbocycles. The SMILES string of the molecule is Cc1ccc(S)cc1.Nc1nccn2c(C3CC(CO)C3)nc(-c3ccc4ccc(-c5ccccc5)nc4c3)c12. The van der Waals surface area contributed by atoms with Crippen LogP contribution < -0.4 is 5.73 Å². The molecule has 3 aromatic heterocycles. The van der Waals surface area contributed by atoms with Gasteiger partial charge in [0, 0.05) is 46.3 Å². The second-order valence-electron chi connectivity index (χ2n) is 10.4. The molecule has 1 aliphatic rings. The topological polar surface area (TPSA) is 89.3 Å². The van der Waals surface area contributed by atoms with Crippen LogP contribution in [0, 0.1) is 12.8 Å². The van der Waals surface area contributed by atoms with E-state index in [1.165, 1.54) is 5.56 Å². The van der Waals surface area contributed by atoms with E-state index in [9.17, 15) is 5.11 Å². The second-order valence-corrected chi connectivity index (χ2v) is 10.9. The largest absolute Gasteiger partial charge is 0.396 e. The van der Waals surface area contributed by atoms with Crippen molar-refractivity contribution in [1.82, 2.24) is 19.4 Å². The summed E-state index contributed by atoms with van der Waals surface area (Å²) in [6.07, 6.45) is 5.53. The minimum absolute atomic E-state index is 0.233. The standard InChI is InChI=1S/C26H23N5O.C7H8S/c27-25-24-23(30-26(31(24)11-10-28-25)20-12-16(13-20)15-32)19-7-6-18-8-9-21(29-22(18)14-19)17-4-2-1-3-5-17;1-6-2-4-7(8)5-3-6/h1-11,14,16,20,32H,12-13,15H2,(H2,27,28);2-5,8H,1H3. The highest BCUT2D eigenvalue weighted by Crippen LogP contribution is 2.43. The first kappa shape index (κ1) is 26.0. The minimum Gasteiger partial charge on any atom is -0.396 e. The van der Waals surface area contributed by atoms with Gasteiger partial charge in [-0.1, -0.05) is 66.2 Å². The van der Waals surface area contributed by atoms with Crippen molar-refractivity contribution in [3.05, 3.63) is 109 Å². The summed E-state index contributed by atoms with van der Waals surface area (Å²) in [4.78, 5) is 15.3. The fourth-order valence-electron chi connectivity index (χ4n) is 5.25. The lowest BCUT2D eigenvalue weighted by molar-refractivity contribution is 0.138. The van der Waals surface area contributed by atoms with Gasteiger partial charge in [-0.2, -0.15) is 0 Å². The first-order chi connectivity index (χ1) is 19.5. The van der Waals surface area contributed by atoms with Crippen molar-refractivity contribution < 1.29 is 5.11 Å². The molecule has 7 heteroatoms. The molecular formula is C33H31N5OS. The van der Waals surface area contributed by atoms with Gasteiger partial charge in [-0.3, -0.25) is 4.40 Å². The summed E-state index contributed by atoms with van der Waals surface area (Å²) in [5.41, 5.74) is 13.2. The predicted octanol–water partition coefficient (Wildman–Crippen LogP) is 6.96. The number of hydrogen-bond acceptors (Lipinski definition) is 6. The lowest BCUT2D eigenvalue weighted by Crippen LogP contribution is -2.26. The molecule has 1 aliphatic carbocycles. The van der Waals surface area contributed by atoms with Crippen LogP contribution in [0.2, 0.25) is 0 Å². The summed E-state index contributed by atoms with van der Waals surface area (Å²) in [7, 11) is 0. The molecule has 7 rings (SSSR count). The number of pyridine rings is 1. The molecular weight excluding hydrogens is 514 g/mol. The van der Waals surface area contributed by atoms with Crippen molar-refractivity contribution >= 4 is 34.9 Å². The van der Waals surface area contributed by atoms with Gasteiger partial charge in [0.1, 0.15) is 22.9 Å². The van der Waals surface area contributed by atoms with E-state index in [1.807, 2.05) is 48.7 Å². The van der Waals surface area contributed by atoms with E-state index in [-0.39, 0.29) is 6.61 Å². The minimum atomic E-state index is 0.233. The molecule has 0 spiro atoms. The number of anilines is 1. The molecule has 0 saturated heterocycles. The third kappa shape index (κ3) is 5.18. The van der Waals surface area contributed by atoms with Gasteiger partial charge in [0.05, 0.1) is 11.2 Å². The van der Waals surface area contributed by atoms with Gasteiger partial charge < -0.3 is 10.8 Å². The molecule has 6 aromatic rings. The van der Waals surface area contributed by atoms with Gasteiger partial charge in [0.25, 0.3) is 0 Å². The molecule has 6 nitrogen and oxygen atoms in total. The van der Waals surface area contributed by atoms with Crippen molar-refractivity contribution in [2.75, 3.05) is 12.3 Å². The number of thiol groups is 1. The van der Waals surface area contributed by atoms with Gasteiger partial charge in [-0.25, -0.2) is 15.0 Å². The Bertz CT molecular complexity index is 1760. The Balaban J connectivity index is 0.000000313. The number of aliphatic hydroxyl groups excluding tert-OH is 1. The average molecular weight is 546 g/mol. The van der Waals surface area contributed by atoms with Crippen LogP contribution in [0.1, 0.15) is 30.1 Å². The van der Waals surface area contributed by atoms with E-state index in [0.29, 0.717) is 17.7 Å². The molecule has 0 unspecified atom stereocenters. The van der Waals surface area contributed by atoms with Gasteiger partial charge in [0.2, 0.25) is 0 Å². The van der Waals surface area contributed by atoms with Crippen LogP contribution in [-0.4, -0.2) is 31.1 Å². The Morgan fingerprint density at radius 2 is 1.68 bits per heavy atom. The molecule has 0 atom stereocenters. The Morgan fingerprint density at radius 1 is 0.925 bits per heavy atom. The van der Waals surface area contributed by atoms with Crippen LogP contribution in [0.25, 0.3) is 38.9 Å². The lowest BCUT2D eigenvalue weighted by atomic mass is 9.75. The van der Waals surface area contributed by atoms with Crippen molar-refractivity contribution in [2.45, 2.75) is 30.6 Å². The van der Waals surface area contributed by atoms with E-state index >= 15 is 0 Å². The maximum absolute atomic E-state index is 9.43. The average Bonchev–Trinajstić information content (AvgIpc) is 3.35. The number of aliphatic hydroxyl groups is 1. The van der Waals surface area contributed by atoms with E-state index in [4.69, 9.17) is 15.7 Å². The molecule has 200 valence electrons. The van der Waals surface area contributed by atoms with Crippen LogP contribution in [0.3, 0.4) is 0 Å². The fraction of sp³-hybridized carbons (Fsp3) is 0.182. The molecule has 0 bridgehead atoms. The monoisotopic (exact) mass is 545 g/mol. The number of aryl methyl sites for hydroxylation is 1. The first-order valence-electron chi connectivity index (χ1n) is 13.5. The van der Waals surface area contributed by atoms with Crippen molar-refractivity contribution in [2.24, 2.45) is 5.92 Å². The maximum atomic E-state index is 9.43. The number of imidazole rings is 1. The number of rotatable bonds is 4. The zero-order chi connectivity index (χ0) is 27.6. The van der Waals surface area contributed by atoms with E-state index in [1.54, 1.807) is 6.20 Å². The fourth-order valence-corrected chi connectivity index (χ4v) is 5.40. The Labute approximate surface area is 239 Å². The molecule has 0 amide bonds. The number of nitrogens with two attached hydrogens (primary N) is 1. The highest BCUT2D eigenvalue weighted by atomic mass is 32.1. The third-order valence-electron chi connectivity index (χ3n) is 7.54. The van der Waals surface area contributed by atoms with E-state index in [0.717, 1.165) is 62.5 Å². The van der Waals surface area contributed by atoms with Gasteiger partial charge in [0.15, 0.2) is 0 Å². The molecule has 1 saturated carbocycles. The van der Waals surface area contributed by atoms with Crippen LogP contribution in [0.5, 0.6) is 0 Å². The van der Waals surface area contributed by atoms with E-state index < -0.39 is 0 Å². The number of nitrogens with zero attached hydrogens (tertiary/aromatic N) is 4. The normalized spacial score (nSPS) is 16.4. The smallest absolute Gasteiger partial charge is 0.150 e. The predicted molar refractivity (Wildman–Crippen MR) is 165 cm³/mol. The Morgan fingerprint density at radius 3 is 2.40 bits per heavy atom. The highest BCUT2D eigenvalue weighted by molar-refractivity contribution is 7.80. The number of nitrogen functional groups attached to an aromatic ring is 1. The molecule has 3 heterocycles. The maximum Gasteiger partial charge on any atom is 0.150 e. The summed E-state index contributed by atoms with van der Waals surface area (Å²) in [6, 6.07) is 28.6. The second kappa shape index (κ2) is 11.1. The molecule has 40 heavy (non-hydrogen) atoms. The third-order valence-corrected chi connectivity index (χ3v) is 7.84. The zero-order valence-corrected chi connectivity index (χ0v) is 23.2. The molecule has 0 radical (unpaired) electrons. The number of fused-ring (bicyclic) bond motifs is 2.